The highest BCUT2D eigenvalue weighted by Crippen LogP contribution is 2.36. The van der Waals surface area contributed by atoms with E-state index in [2.05, 4.69) is 22.0 Å². The Labute approximate surface area is 195 Å². The number of aryl methyl sites for hydroxylation is 1. The van der Waals surface area contributed by atoms with Crippen LogP contribution in [0.2, 0.25) is 0 Å². The standard InChI is InChI=1S/C25H33N5O3/c1-3-32-23(31)25(8-12-29(13-9-25)21-6-10-28-18(2)14-21)17-33-22-5-4-19-7-11-30(24(26)27)16-20(19)15-22/h4-6,10,14-15H,3,7-9,11-13,16-17H2,1-2H3,(H3,26,27). The number of pyridine rings is 1. The zero-order valence-corrected chi connectivity index (χ0v) is 19.5. The molecule has 0 unspecified atom stereocenters. The van der Waals surface area contributed by atoms with Crippen LogP contribution in [0.3, 0.4) is 0 Å². The van der Waals surface area contributed by atoms with Gasteiger partial charge in [-0.05, 0) is 68.5 Å². The van der Waals surface area contributed by atoms with E-state index in [1.165, 1.54) is 5.56 Å². The number of nitrogens with zero attached hydrogens (tertiary/aromatic N) is 3. The highest BCUT2D eigenvalue weighted by molar-refractivity contribution is 5.77. The number of aromatic nitrogens is 1. The predicted molar refractivity (Wildman–Crippen MR) is 127 cm³/mol. The number of esters is 1. The van der Waals surface area contributed by atoms with Gasteiger partial charge in [0.1, 0.15) is 17.8 Å². The minimum atomic E-state index is -0.671. The number of carbonyl (C=O) groups is 1. The summed E-state index contributed by atoms with van der Waals surface area (Å²) < 4.78 is 11.7. The Kier molecular flexibility index (Phi) is 6.72. The van der Waals surface area contributed by atoms with E-state index in [0.717, 1.165) is 48.7 Å². The van der Waals surface area contributed by atoms with Crippen molar-refractivity contribution in [2.45, 2.75) is 39.7 Å². The summed E-state index contributed by atoms with van der Waals surface area (Å²) in [4.78, 5) is 21.4. The number of ether oxygens (including phenoxy) is 2. The van der Waals surface area contributed by atoms with Crippen LogP contribution < -0.4 is 15.4 Å². The van der Waals surface area contributed by atoms with Gasteiger partial charge in [-0.1, -0.05) is 6.07 Å². The van der Waals surface area contributed by atoms with Crippen molar-refractivity contribution in [3.8, 4) is 5.75 Å². The lowest BCUT2D eigenvalue weighted by Gasteiger charge is -2.40. The van der Waals surface area contributed by atoms with Crippen LogP contribution in [-0.4, -0.2) is 54.7 Å². The van der Waals surface area contributed by atoms with Gasteiger partial charge in [0.15, 0.2) is 5.96 Å². The minimum absolute atomic E-state index is 0.0874. The number of nitrogens with two attached hydrogens (primary N) is 1. The molecule has 0 amide bonds. The van der Waals surface area contributed by atoms with Gasteiger partial charge in [0, 0.05) is 43.8 Å². The second kappa shape index (κ2) is 9.68. The molecule has 0 atom stereocenters. The van der Waals surface area contributed by atoms with Crippen LogP contribution in [0, 0.1) is 17.7 Å². The lowest BCUT2D eigenvalue weighted by molar-refractivity contribution is -0.159. The lowest BCUT2D eigenvalue weighted by atomic mass is 9.79. The van der Waals surface area contributed by atoms with E-state index < -0.39 is 5.41 Å². The highest BCUT2D eigenvalue weighted by atomic mass is 16.5. The Balaban J connectivity index is 1.46. The van der Waals surface area contributed by atoms with E-state index in [0.29, 0.717) is 26.0 Å². The van der Waals surface area contributed by atoms with Crippen molar-refractivity contribution in [2.24, 2.45) is 11.1 Å². The fourth-order valence-electron chi connectivity index (χ4n) is 4.66. The molecular weight excluding hydrogens is 418 g/mol. The normalized spacial score (nSPS) is 17.3. The summed E-state index contributed by atoms with van der Waals surface area (Å²) in [7, 11) is 0. The zero-order valence-electron chi connectivity index (χ0n) is 19.5. The van der Waals surface area contributed by atoms with Gasteiger partial charge in [-0.25, -0.2) is 0 Å². The van der Waals surface area contributed by atoms with Gasteiger partial charge in [0.05, 0.1) is 6.61 Å². The number of hydrogen-bond donors (Lipinski definition) is 2. The van der Waals surface area contributed by atoms with Crippen molar-refractivity contribution < 1.29 is 14.3 Å². The van der Waals surface area contributed by atoms with Crippen molar-refractivity contribution in [1.29, 1.82) is 5.41 Å². The molecule has 2 aliphatic rings. The average molecular weight is 452 g/mol. The fraction of sp³-hybridized carbons (Fsp3) is 0.480. The second-order valence-electron chi connectivity index (χ2n) is 8.92. The molecule has 3 heterocycles. The first-order valence-electron chi connectivity index (χ1n) is 11.6. The van der Waals surface area contributed by atoms with Crippen molar-refractivity contribution in [3.63, 3.8) is 0 Å². The Morgan fingerprint density at radius 3 is 2.67 bits per heavy atom. The Morgan fingerprint density at radius 2 is 1.97 bits per heavy atom. The van der Waals surface area contributed by atoms with E-state index in [-0.39, 0.29) is 18.5 Å². The Hall–Kier alpha value is -3.29. The third kappa shape index (κ3) is 5.05. The van der Waals surface area contributed by atoms with Gasteiger partial charge in [-0.2, -0.15) is 0 Å². The second-order valence-corrected chi connectivity index (χ2v) is 8.92. The van der Waals surface area contributed by atoms with Crippen LogP contribution in [0.25, 0.3) is 0 Å². The number of rotatable bonds is 6. The zero-order chi connectivity index (χ0) is 23.4. The maximum absolute atomic E-state index is 13.0. The number of nitrogens with one attached hydrogen (secondary N) is 1. The summed E-state index contributed by atoms with van der Waals surface area (Å²) >= 11 is 0. The molecule has 0 saturated carbocycles. The van der Waals surface area contributed by atoms with Crippen molar-refractivity contribution in [1.82, 2.24) is 9.88 Å². The fourth-order valence-corrected chi connectivity index (χ4v) is 4.66. The molecule has 1 saturated heterocycles. The number of carbonyl (C=O) groups excluding carboxylic acids is 1. The molecule has 0 bridgehead atoms. The molecule has 4 rings (SSSR count). The minimum Gasteiger partial charge on any atom is -0.492 e. The Morgan fingerprint density at radius 1 is 1.18 bits per heavy atom. The first-order valence-corrected chi connectivity index (χ1v) is 11.6. The number of anilines is 1. The van der Waals surface area contributed by atoms with Gasteiger partial charge < -0.3 is 25.0 Å². The molecule has 33 heavy (non-hydrogen) atoms. The van der Waals surface area contributed by atoms with Gasteiger partial charge in [0.2, 0.25) is 0 Å². The number of hydrogen-bond acceptors (Lipinski definition) is 6. The SMILES string of the molecule is CCOC(=O)C1(COc2ccc3c(c2)CN(C(=N)N)CC3)CCN(c2ccnc(C)c2)CC1. The van der Waals surface area contributed by atoms with Crippen molar-refractivity contribution in [2.75, 3.05) is 37.7 Å². The van der Waals surface area contributed by atoms with Gasteiger partial charge in [-0.15, -0.1) is 0 Å². The molecule has 1 fully saturated rings. The molecule has 176 valence electrons. The maximum atomic E-state index is 13.0. The number of benzene rings is 1. The average Bonchev–Trinajstić information content (AvgIpc) is 2.82. The summed E-state index contributed by atoms with van der Waals surface area (Å²) in [5.41, 5.74) is 9.48. The topological polar surface area (TPSA) is 105 Å². The summed E-state index contributed by atoms with van der Waals surface area (Å²) in [5, 5.41) is 7.71. The molecule has 3 N–H and O–H groups in total. The van der Waals surface area contributed by atoms with Crippen molar-refractivity contribution >= 4 is 17.6 Å². The van der Waals surface area contributed by atoms with Crippen LogP contribution >= 0.6 is 0 Å². The predicted octanol–water partition coefficient (Wildman–Crippen LogP) is 2.87. The van der Waals surface area contributed by atoms with E-state index in [1.54, 1.807) is 0 Å². The van der Waals surface area contributed by atoms with Gasteiger partial charge >= 0.3 is 5.97 Å². The van der Waals surface area contributed by atoms with E-state index in [1.807, 2.05) is 43.1 Å². The summed E-state index contributed by atoms with van der Waals surface area (Å²) in [6.07, 6.45) is 4.00. The molecule has 2 aromatic rings. The molecule has 0 radical (unpaired) electrons. The van der Waals surface area contributed by atoms with Gasteiger partial charge in [-0.3, -0.25) is 15.2 Å². The van der Waals surface area contributed by atoms with E-state index >= 15 is 0 Å². The molecule has 8 heteroatoms. The molecule has 8 nitrogen and oxygen atoms in total. The molecule has 0 spiro atoms. The van der Waals surface area contributed by atoms with Crippen LogP contribution in [0.15, 0.2) is 36.5 Å². The third-order valence-corrected chi connectivity index (χ3v) is 6.72. The quantitative estimate of drug-likeness (QED) is 0.395. The Bertz CT molecular complexity index is 1020. The number of fused-ring (bicyclic) bond motifs is 1. The number of piperidine rings is 1. The van der Waals surface area contributed by atoms with Crippen LogP contribution in [0.4, 0.5) is 5.69 Å². The molecule has 1 aromatic heterocycles. The maximum Gasteiger partial charge on any atom is 0.315 e. The van der Waals surface area contributed by atoms with Crippen LogP contribution in [0.5, 0.6) is 5.75 Å². The third-order valence-electron chi connectivity index (χ3n) is 6.72. The van der Waals surface area contributed by atoms with Crippen molar-refractivity contribution in [3.05, 3.63) is 53.3 Å². The van der Waals surface area contributed by atoms with E-state index in [4.69, 9.17) is 20.6 Å². The molecular formula is C25H33N5O3. The smallest absolute Gasteiger partial charge is 0.315 e. The summed E-state index contributed by atoms with van der Waals surface area (Å²) in [6.45, 7) is 7.32. The first kappa shape index (κ1) is 22.9. The summed E-state index contributed by atoms with van der Waals surface area (Å²) in [5.74, 6) is 0.635. The van der Waals surface area contributed by atoms with Gasteiger partial charge in [0.25, 0.3) is 0 Å². The molecule has 2 aliphatic heterocycles. The highest BCUT2D eigenvalue weighted by Gasteiger charge is 2.44. The van der Waals surface area contributed by atoms with E-state index in [9.17, 15) is 4.79 Å². The first-order chi connectivity index (χ1) is 15.9. The number of guanidine groups is 1. The van der Waals surface area contributed by atoms with Crippen LogP contribution in [0.1, 0.15) is 36.6 Å². The lowest BCUT2D eigenvalue weighted by Crippen LogP contribution is -2.48. The summed E-state index contributed by atoms with van der Waals surface area (Å²) in [6, 6.07) is 10.1. The molecule has 1 aromatic carbocycles. The monoisotopic (exact) mass is 451 g/mol. The molecule has 0 aliphatic carbocycles. The van der Waals surface area contributed by atoms with Crippen LogP contribution in [-0.2, 0) is 22.5 Å². The largest absolute Gasteiger partial charge is 0.492 e.